The van der Waals surface area contributed by atoms with Gasteiger partial charge >= 0.3 is 0 Å². The Balaban J connectivity index is 1.72. The topological polar surface area (TPSA) is 84.6 Å². The number of aliphatic hydroxyl groups is 1. The van der Waals surface area contributed by atoms with Crippen LogP contribution in [0.5, 0.6) is 5.75 Å². The third-order valence-electron chi connectivity index (χ3n) is 4.05. The summed E-state index contributed by atoms with van der Waals surface area (Å²) in [6.45, 7) is 2.41. The average Bonchev–Trinajstić information content (AvgIpc) is 2.47. The van der Waals surface area contributed by atoms with Crippen LogP contribution in [0.4, 0.5) is 5.69 Å². The van der Waals surface area contributed by atoms with Crippen LogP contribution in [0.2, 0.25) is 0 Å². The summed E-state index contributed by atoms with van der Waals surface area (Å²) in [6.07, 6.45) is 3.49. The summed E-state index contributed by atoms with van der Waals surface area (Å²) >= 11 is 0. The molecule has 1 aromatic carbocycles. The van der Waals surface area contributed by atoms with Gasteiger partial charge in [0.05, 0.1) is 5.60 Å². The number of carbonyl (C=O) groups excluding carboxylic acids is 1. The molecule has 1 amide bonds. The largest absolute Gasteiger partial charge is 0.484 e. The molecule has 116 valence electrons. The van der Waals surface area contributed by atoms with Crippen molar-refractivity contribution in [2.75, 3.05) is 18.9 Å². The highest BCUT2D eigenvalue weighted by Gasteiger charge is 2.31. The van der Waals surface area contributed by atoms with E-state index in [9.17, 15) is 9.90 Å². The lowest BCUT2D eigenvalue weighted by atomic mass is 9.79. The Morgan fingerprint density at radius 3 is 2.86 bits per heavy atom. The first kappa shape index (κ1) is 15.6. The van der Waals surface area contributed by atoms with E-state index in [-0.39, 0.29) is 12.5 Å². The number of carbonyl (C=O) groups is 1. The first-order valence-electron chi connectivity index (χ1n) is 7.44. The molecule has 5 heteroatoms. The van der Waals surface area contributed by atoms with Crippen molar-refractivity contribution in [1.29, 1.82) is 0 Å². The Hall–Kier alpha value is -1.75. The first-order valence-corrected chi connectivity index (χ1v) is 7.44. The van der Waals surface area contributed by atoms with Crippen molar-refractivity contribution in [1.82, 2.24) is 5.32 Å². The predicted octanol–water partition coefficient (Wildman–Crippen LogP) is 1.70. The van der Waals surface area contributed by atoms with E-state index in [2.05, 4.69) is 12.2 Å². The molecule has 0 heterocycles. The van der Waals surface area contributed by atoms with Crippen molar-refractivity contribution < 1.29 is 14.6 Å². The van der Waals surface area contributed by atoms with E-state index in [0.717, 1.165) is 25.7 Å². The van der Waals surface area contributed by atoms with Gasteiger partial charge in [-0.3, -0.25) is 4.79 Å². The number of hydrogen-bond donors (Lipinski definition) is 3. The zero-order valence-electron chi connectivity index (χ0n) is 12.5. The van der Waals surface area contributed by atoms with Gasteiger partial charge in [-0.05, 0) is 43.7 Å². The predicted molar refractivity (Wildman–Crippen MR) is 81.9 cm³/mol. The number of nitrogens with one attached hydrogen (secondary N) is 1. The molecule has 0 spiro atoms. The number of hydrogen-bond acceptors (Lipinski definition) is 4. The van der Waals surface area contributed by atoms with Crippen molar-refractivity contribution in [3.05, 3.63) is 24.3 Å². The fourth-order valence-electron chi connectivity index (χ4n) is 2.54. The van der Waals surface area contributed by atoms with E-state index in [1.807, 2.05) is 0 Å². The van der Waals surface area contributed by atoms with Crippen LogP contribution < -0.4 is 15.8 Å². The minimum atomic E-state index is -0.765. The van der Waals surface area contributed by atoms with Crippen LogP contribution in [0, 0.1) is 5.92 Å². The van der Waals surface area contributed by atoms with Gasteiger partial charge in [0.15, 0.2) is 6.61 Å². The smallest absolute Gasteiger partial charge is 0.258 e. The van der Waals surface area contributed by atoms with Gasteiger partial charge < -0.3 is 20.9 Å². The van der Waals surface area contributed by atoms with Crippen LogP contribution in [0.25, 0.3) is 0 Å². The second-order valence-electron chi connectivity index (χ2n) is 6.04. The minimum absolute atomic E-state index is 0.0735. The Morgan fingerprint density at radius 1 is 1.48 bits per heavy atom. The third-order valence-corrected chi connectivity index (χ3v) is 4.05. The lowest BCUT2D eigenvalue weighted by Crippen LogP contribution is -2.46. The fraction of sp³-hybridized carbons (Fsp3) is 0.562. The standard InChI is InChI=1S/C16H24N2O3/c1-12-5-7-16(20,8-6-12)11-18-15(19)10-21-14-4-2-3-13(17)9-14/h2-4,9,12,20H,5-8,10-11,17H2,1H3,(H,18,19). The maximum Gasteiger partial charge on any atom is 0.258 e. The van der Waals surface area contributed by atoms with Crippen molar-refractivity contribution >= 4 is 11.6 Å². The summed E-state index contributed by atoms with van der Waals surface area (Å²) in [4.78, 5) is 11.8. The van der Waals surface area contributed by atoms with E-state index >= 15 is 0 Å². The molecule has 2 rings (SSSR count). The summed E-state index contributed by atoms with van der Waals surface area (Å²) in [5.41, 5.74) is 5.47. The van der Waals surface area contributed by atoms with E-state index in [1.54, 1.807) is 24.3 Å². The van der Waals surface area contributed by atoms with Gasteiger partial charge in [0.25, 0.3) is 5.91 Å². The lowest BCUT2D eigenvalue weighted by Gasteiger charge is -2.34. The molecule has 5 nitrogen and oxygen atoms in total. The molecule has 1 aliphatic rings. The zero-order chi connectivity index (χ0) is 15.3. The number of rotatable bonds is 5. The molecule has 0 radical (unpaired) electrons. The number of ether oxygens (including phenoxy) is 1. The number of nitrogen functional groups attached to an aromatic ring is 1. The molecule has 0 aromatic heterocycles. The van der Waals surface area contributed by atoms with Crippen LogP contribution in [0.1, 0.15) is 32.6 Å². The highest BCUT2D eigenvalue weighted by atomic mass is 16.5. The molecule has 4 N–H and O–H groups in total. The molecule has 1 saturated carbocycles. The molecule has 0 atom stereocenters. The van der Waals surface area contributed by atoms with Gasteiger partial charge in [-0.15, -0.1) is 0 Å². The number of anilines is 1. The molecule has 0 saturated heterocycles. The minimum Gasteiger partial charge on any atom is -0.484 e. The summed E-state index contributed by atoms with van der Waals surface area (Å²) < 4.78 is 5.36. The first-order chi connectivity index (χ1) is 9.97. The molecule has 1 fully saturated rings. The molecule has 0 bridgehead atoms. The summed E-state index contributed by atoms with van der Waals surface area (Å²) in [7, 11) is 0. The van der Waals surface area contributed by atoms with E-state index in [1.165, 1.54) is 0 Å². The van der Waals surface area contributed by atoms with Gasteiger partial charge in [-0.25, -0.2) is 0 Å². The van der Waals surface area contributed by atoms with E-state index in [4.69, 9.17) is 10.5 Å². The van der Waals surface area contributed by atoms with E-state index in [0.29, 0.717) is 23.9 Å². The SMILES string of the molecule is CC1CCC(O)(CNC(=O)COc2cccc(N)c2)CC1. The molecular weight excluding hydrogens is 268 g/mol. The van der Waals surface area contributed by atoms with Crippen molar-refractivity contribution in [2.45, 2.75) is 38.2 Å². The second-order valence-corrected chi connectivity index (χ2v) is 6.04. The highest BCUT2D eigenvalue weighted by Crippen LogP contribution is 2.31. The Kier molecular flexibility index (Phi) is 5.07. The molecule has 0 unspecified atom stereocenters. The van der Waals surface area contributed by atoms with Gasteiger partial charge in [0.2, 0.25) is 0 Å². The van der Waals surface area contributed by atoms with Crippen molar-refractivity contribution in [3.63, 3.8) is 0 Å². The Bertz CT molecular complexity index is 482. The summed E-state index contributed by atoms with van der Waals surface area (Å²) in [5, 5.41) is 13.1. The van der Waals surface area contributed by atoms with Crippen LogP contribution in [-0.2, 0) is 4.79 Å². The van der Waals surface area contributed by atoms with Gasteiger partial charge in [-0.2, -0.15) is 0 Å². The van der Waals surface area contributed by atoms with Crippen LogP contribution in [0.15, 0.2) is 24.3 Å². The van der Waals surface area contributed by atoms with Crippen LogP contribution in [-0.4, -0.2) is 29.8 Å². The number of benzene rings is 1. The number of nitrogens with two attached hydrogens (primary N) is 1. The fourth-order valence-corrected chi connectivity index (χ4v) is 2.54. The van der Waals surface area contributed by atoms with Gasteiger partial charge in [0, 0.05) is 18.3 Å². The lowest BCUT2D eigenvalue weighted by molar-refractivity contribution is -0.124. The normalized spacial score (nSPS) is 25.3. The summed E-state index contributed by atoms with van der Waals surface area (Å²) in [5.74, 6) is 0.993. The van der Waals surface area contributed by atoms with Crippen LogP contribution in [0.3, 0.4) is 0 Å². The third kappa shape index (κ3) is 4.93. The molecule has 0 aliphatic heterocycles. The molecule has 1 aliphatic carbocycles. The van der Waals surface area contributed by atoms with Gasteiger partial charge in [0.1, 0.15) is 5.75 Å². The highest BCUT2D eigenvalue weighted by molar-refractivity contribution is 5.77. The molecule has 1 aromatic rings. The Morgan fingerprint density at radius 2 is 2.19 bits per heavy atom. The Labute approximate surface area is 125 Å². The second kappa shape index (κ2) is 6.80. The maximum atomic E-state index is 11.8. The van der Waals surface area contributed by atoms with Crippen LogP contribution >= 0.6 is 0 Å². The van der Waals surface area contributed by atoms with Crippen molar-refractivity contribution in [2.24, 2.45) is 5.92 Å². The van der Waals surface area contributed by atoms with Gasteiger partial charge in [-0.1, -0.05) is 13.0 Å². The monoisotopic (exact) mass is 292 g/mol. The molecule has 21 heavy (non-hydrogen) atoms. The zero-order valence-corrected chi connectivity index (χ0v) is 12.5. The molecular formula is C16H24N2O3. The van der Waals surface area contributed by atoms with Crippen molar-refractivity contribution in [3.8, 4) is 5.75 Å². The maximum absolute atomic E-state index is 11.8. The summed E-state index contributed by atoms with van der Waals surface area (Å²) in [6, 6.07) is 6.95. The number of amides is 1. The quantitative estimate of drug-likeness (QED) is 0.721. The average molecular weight is 292 g/mol. The van der Waals surface area contributed by atoms with E-state index < -0.39 is 5.60 Å².